The van der Waals surface area contributed by atoms with Crippen LogP contribution in [0.4, 0.5) is 22.0 Å². The molecule has 2 heterocycles. The third kappa shape index (κ3) is 4.05. The second kappa shape index (κ2) is 7.75. The third-order valence-corrected chi connectivity index (χ3v) is 5.34. The van der Waals surface area contributed by atoms with Crippen LogP contribution in [0.25, 0.3) is 11.3 Å². The molecular formula is C22H18F5N3. The Kier molecular flexibility index (Phi) is 5.27. The fourth-order valence-corrected chi connectivity index (χ4v) is 3.86. The maximum atomic E-state index is 14.5. The van der Waals surface area contributed by atoms with Gasteiger partial charge in [-0.1, -0.05) is 12.1 Å². The summed E-state index contributed by atoms with van der Waals surface area (Å²) >= 11 is 0. The summed E-state index contributed by atoms with van der Waals surface area (Å²) < 4.78 is 66.5. The van der Waals surface area contributed by atoms with Crippen molar-refractivity contribution in [2.24, 2.45) is 0 Å². The van der Waals surface area contributed by atoms with E-state index in [-0.39, 0.29) is 5.92 Å². The van der Waals surface area contributed by atoms with Crippen molar-refractivity contribution in [2.45, 2.75) is 25.1 Å². The molecule has 1 atom stereocenters. The summed E-state index contributed by atoms with van der Waals surface area (Å²) in [4.78, 5) is 2.07. The maximum absolute atomic E-state index is 14.5. The standard InChI is InChI=1S/C22H18F5N3/c1-30-9-8-17(18-11-15(23)3-5-19(18)24)16-4-2-13(10-14(16)12-30)20-6-7-21(29-28-20)22(25,26)27/h2-7,10-11,17H,8-9,12H2,1H3. The van der Waals surface area contributed by atoms with E-state index in [0.717, 1.165) is 29.3 Å². The van der Waals surface area contributed by atoms with Crippen molar-refractivity contribution in [3.05, 3.63) is 82.5 Å². The van der Waals surface area contributed by atoms with E-state index in [9.17, 15) is 22.0 Å². The molecule has 3 nitrogen and oxygen atoms in total. The molecule has 0 bridgehead atoms. The first kappa shape index (κ1) is 20.4. The molecule has 1 aromatic heterocycles. The van der Waals surface area contributed by atoms with E-state index in [4.69, 9.17) is 0 Å². The summed E-state index contributed by atoms with van der Waals surface area (Å²) in [5, 5.41) is 7.00. The van der Waals surface area contributed by atoms with Gasteiger partial charge in [-0.3, -0.25) is 0 Å². The van der Waals surface area contributed by atoms with E-state index < -0.39 is 23.5 Å². The van der Waals surface area contributed by atoms with Crippen LogP contribution in [-0.4, -0.2) is 28.7 Å². The van der Waals surface area contributed by atoms with E-state index in [1.54, 1.807) is 6.07 Å². The predicted molar refractivity (Wildman–Crippen MR) is 102 cm³/mol. The lowest BCUT2D eigenvalue weighted by atomic mass is 9.85. The Morgan fingerprint density at radius 2 is 1.73 bits per heavy atom. The fourth-order valence-electron chi connectivity index (χ4n) is 3.86. The average molecular weight is 419 g/mol. The smallest absolute Gasteiger partial charge is 0.302 e. The molecule has 0 N–H and O–H groups in total. The zero-order chi connectivity index (χ0) is 21.5. The van der Waals surface area contributed by atoms with Crippen molar-refractivity contribution >= 4 is 0 Å². The molecule has 1 aliphatic heterocycles. The van der Waals surface area contributed by atoms with Gasteiger partial charge in [0.15, 0.2) is 5.69 Å². The van der Waals surface area contributed by atoms with Crippen LogP contribution in [0.3, 0.4) is 0 Å². The van der Waals surface area contributed by atoms with Gasteiger partial charge in [-0.2, -0.15) is 13.2 Å². The van der Waals surface area contributed by atoms with Crippen LogP contribution in [0.5, 0.6) is 0 Å². The summed E-state index contributed by atoms with van der Waals surface area (Å²) in [6, 6.07) is 11.0. The highest BCUT2D eigenvalue weighted by Crippen LogP contribution is 2.37. The van der Waals surface area contributed by atoms with Crippen LogP contribution < -0.4 is 0 Å². The summed E-state index contributed by atoms with van der Waals surface area (Å²) in [6.07, 6.45) is -3.94. The third-order valence-electron chi connectivity index (χ3n) is 5.34. The number of hydrogen-bond donors (Lipinski definition) is 0. The SMILES string of the molecule is CN1CCC(c2cc(F)ccc2F)c2ccc(-c3ccc(C(F)(F)F)nn3)cc2C1. The minimum Gasteiger partial charge on any atom is -0.302 e. The molecule has 0 amide bonds. The monoisotopic (exact) mass is 419 g/mol. The second-order valence-corrected chi connectivity index (χ2v) is 7.46. The highest BCUT2D eigenvalue weighted by molar-refractivity contribution is 5.61. The van der Waals surface area contributed by atoms with Gasteiger partial charge in [0.1, 0.15) is 11.6 Å². The summed E-state index contributed by atoms with van der Waals surface area (Å²) in [5.74, 6) is -1.29. The van der Waals surface area contributed by atoms with Gasteiger partial charge in [-0.05, 0) is 73.1 Å². The van der Waals surface area contributed by atoms with Crippen LogP contribution in [-0.2, 0) is 12.7 Å². The lowest BCUT2D eigenvalue weighted by Crippen LogP contribution is -2.17. The van der Waals surface area contributed by atoms with Crippen molar-refractivity contribution in [2.75, 3.05) is 13.6 Å². The van der Waals surface area contributed by atoms with Crippen molar-refractivity contribution < 1.29 is 22.0 Å². The van der Waals surface area contributed by atoms with Gasteiger partial charge >= 0.3 is 6.18 Å². The van der Waals surface area contributed by atoms with Crippen LogP contribution >= 0.6 is 0 Å². The second-order valence-electron chi connectivity index (χ2n) is 7.46. The molecule has 1 unspecified atom stereocenters. The summed E-state index contributed by atoms with van der Waals surface area (Å²) in [5.41, 5.74) is 1.93. The number of benzene rings is 2. The molecule has 156 valence electrons. The fraction of sp³-hybridized carbons (Fsp3) is 0.273. The lowest BCUT2D eigenvalue weighted by Gasteiger charge is -2.19. The van der Waals surface area contributed by atoms with Crippen molar-refractivity contribution in [1.29, 1.82) is 0 Å². The van der Waals surface area contributed by atoms with Crippen LogP contribution in [0.1, 0.15) is 34.7 Å². The first-order valence-corrected chi connectivity index (χ1v) is 9.40. The molecule has 8 heteroatoms. The highest BCUT2D eigenvalue weighted by Gasteiger charge is 2.33. The Morgan fingerprint density at radius 3 is 2.43 bits per heavy atom. The normalized spacial score (nSPS) is 17.5. The minimum absolute atomic E-state index is 0.300. The molecule has 0 radical (unpaired) electrons. The van der Waals surface area contributed by atoms with E-state index in [2.05, 4.69) is 15.1 Å². The van der Waals surface area contributed by atoms with Crippen molar-refractivity contribution in [3.63, 3.8) is 0 Å². The maximum Gasteiger partial charge on any atom is 0.435 e. The molecule has 3 aromatic rings. The molecule has 4 rings (SSSR count). The van der Waals surface area contributed by atoms with Gasteiger partial charge in [-0.15, -0.1) is 10.2 Å². The quantitative estimate of drug-likeness (QED) is 0.521. The first-order valence-electron chi connectivity index (χ1n) is 9.40. The van der Waals surface area contributed by atoms with Gasteiger partial charge in [0.2, 0.25) is 0 Å². The lowest BCUT2D eigenvalue weighted by molar-refractivity contribution is -0.141. The Balaban J connectivity index is 1.75. The average Bonchev–Trinajstić information content (AvgIpc) is 2.87. The van der Waals surface area contributed by atoms with Crippen LogP contribution in [0.2, 0.25) is 0 Å². The van der Waals surface area contributed by atoms with Gasteiger partial charge in [-0.25, -0.2) is 8.78 Å². The molecule has 0 spiro atoms. The Hall–Kier alpha value is -2.87. The Bertz CT molecular complexity index is 1060. The topological polar surface area (TPSA) is 29.0 Å². The van der Waals surface area contributed by atoms with Crippen LogP contribution in [0, 0.1) is 11.6 Å². The number of fused-ring (bicyclic) bond motifs is 1. The van der Waals surface area contributed by atoms with E-state index in [0.29, 0.717) is 36.3 Å². The summed E-state index contributed by atoms with van der Waals surface area (Å²) in [6.45, 7) is 1.26. The number of aromatic nitrogens is 2. The molecule has 30 heavy (non-hydrogen) atoms. The first-order chi connectivity index (χ1) is 14.2. The predicted octanol–water partition coefficient (Wildman–Crippen LogP) is 5.41. The molecule has 0 saturated heterocycles. The van der Waals surface area contributed by atoms with Gasteiger partial charge in [0.25, 0.3) is 0 Å². The van der Waals surface area contributed by atoms with Gasteiger partial charge in [0, 0.05) is 18.0 Å². The van der Waals surface area contributed by atoms with Crippen molar-refractivity contribution in [1.82, 2.24) is 15.1 Å². The largest absolute Gasteiger partial charge is 0.435 e. The zero-order valence-corrected chi connectivity index (χ0v) is 16.0. The van der Waals surface area contributed by atoms with Gasteiger partial charge < -0.3 is 4.90 Å². The minimum atomic E-state index is -4.55. The zero-order valence-electron chi connectivity index (χ0n) is 16.0. The molecular weight excluding hydrogens is 401 g/mol. The van der Waals surface area contributed by atoms with E-state index >= 15 is 0 Å². The highest BCUT2D eigenvalue weighted by atomic mass is 19.4. The van der Waals surface area contributed by atoms with Crippen molar-refractivity contribution in [3.8, 4) is 11.3 Å². The number of hydrogen-bond acceptors (Lipinski definition) is 3. The molecule has 2 aromatic carbocycles. The Morgan fingerprint density at radius 1 is 0.933 bits per heavy atom. The molecule has 0 fully saturated rings. The number of rotatable bonds is 2. The Labute approximate surface area is 170 Å². The summed E-state index contributed by atoms with van der Waals surface area (Å²) in [7, 11) is 1.93. The number of halogens is 5. The molecule has 1 aliphatic rings. The molecule has 0 aliphatic carbocycles. The van der Waals surface area contributed by atoms with Crippen LogP contribution in [0.15, 0.2) is 48.5 Å². The van der Waals surface area contributed by atoms with E-state index in [1.165, 1.54) is 12.1 Å². The number of alkyl halides is 3. The number of nitrogens with zero attached hydrogens (tertiary/aromatic N) is 3. The van der Waals surface area contributed by atoms with E-state index in [1.807, 2.05) is 19.2 Å². The molecule has 0 saturated carbocycles. The van der Waals surface area contributed by atoms with Gasteiger partial charge in [0.05, 0.1) is 5.69 Å².